The molecule has 6 heteroatoms. The van der Waals surface area contributed by atoms with E-state index in [-0.39, 0.29) is 18.5 Å². The van der Waals surface area contributed by atoms with Gasteiger partial charge in [0.1, 0.15) is 6.54 Å². The van der Waals surface area contributed by atoms with Crippen molar-refractivity contribution in [1.29, 1.82) is 0 Å². The monoisotopic (exact) mass is 365 g/mol. The number of hydrogen-bond acceptors (Lipinski definition) is 3. The van der Waals surface area contributed by atoms with Crippen molar-refractivity contribution >= 4 is 16.9 Å². The summed E-state index contributed by atoms with van der Waals surface area (Å²) in [6.07, 6.45) is 1.65. The van der Waals surface area contributed by atoms with Crippen LogP contribution in [0.2, 0.25) is 0 Å². The van der Waals surface area contributed by atoms with E-state index < -0.39 is 11.1 Å². The maximum Gasteiger partial charge on any atom is 0.317 e. The Balaban J connectivity index is 1.73. The van der Waals surface area contributed by atoms with Crippen molar-refractivity contribution in [3.8, 4) is 0 Å². The first-order valence-electron chi connectivity index (χ1n) is 8.99. The zero-order valence-electron chi connectivity index (χ0n) is 15.5. The Hall–Kier alpha value is -3.15. The van der Waals surface area contributed by atoms with Crippen molar-refractivity contribution in [3.63, 3.8) is 0 Å². The first-order valence-corrected chi connectivity index (χ1v) is 8.99. The summed E-state index contributed by atoms with van der Waals surface area (Å²) in [5.41, 5.74) is 1.07. The molecule has 1 aromatic heterocycles. The average molecular weight is 365 g/mol. The summed E-state index contributed by atoms with van der Waals surface area (Å²) in [5, 5.41) is 2.92. The SMILES string of the molecule is CC(CCc1ccccc1)NC(=O)Cn1c(=O)c(=O)n(C)c2ccccc21. The summed E-state index contributed by atoms with van der Waals surface area (Å²) in [6, 6.07) is 17.1. The highest BCUT2D eigenvalue weighted by Gasteiger charge is 2.14. The number of benzene rings is 2. The van der Waals surface area contributed by atoms with E-state index in [1.54, 1.807) is 31.3 Å². The van der Waals surface area contributed by atoms with Crippen molar-refractivity contribution in [2.45, 2.75) is 32.4 Å². The molecule has 0 aliphatic heterocycles. The number of rotatable bonds is 6. The number of carbonyl (C=O) groups is 1. The van der Waals surface area contributed by atoms with Crippen molar-refractivity contribution in [1.82, 2.24) is 14.5 Å². The lowest BCUT2D eigenvalue weighted by atomic mass is 10.1. The summed E-state index contributed by atoms with van der Waals surface area (Å²) >= 11 is 0. The van der Waals surface area contributed by atoms with E-state index in [2.05, 4.69) is 17.4 Å². The quantitative estimate of drug-likeness (QED) is 0.678. The molecule has 140 valence electrons. The highest BCUT2D eigenvalue weighted by Crippen LogP contribution is 2.09. The molecule has 1 heterocycles. The molecule has 2 aromatic carbocycles. The Kier molecular flexibility index (Phi) is 5.54. The summed E-state index contributed by atoms with van der Waals surface area (Å²) in [4.78, 5) is 37.0. The normalized spacial score (nSPS) is 12.1. The third kappa shape index (κ3) is 4.16. The maximum atomic E-state index is 12.4. The van der Waals surface area contributed by atoms with Crippen molar-refractivity contribution in [2.24, 2.45) is 7.05 Å². The van der Waals surface area contributed by atoms with Gasteiger partial charge in [0.25, 0.3) is 0 Å². The molecule has 1 unspecified atom stereocenters. The molecule has 0 saturated carbocycles. The second kappa shape index (κ2) is 8.03. The van der Waals surface area contributed by atoms with E-state index in [1.807, 2.05) is 25.1 Å². The molecule has 0 bridgehead atoms. The van der Waals surface area contributed by atoms with Crippen LogP contribution in [0.5, 0.6) is 0 Å². The Morgan fingerprint density at radius 3 is 2.30 bits per heavy atom. The zero-order valence-corrected chi connectivity index (χ0v) is 15.5. The number of hydrogen-bond donors (Lipinski definition) is 1. The molecule has 3 aromatic rings. The van der Waals surface area contributed by atoms with Gasteiger partial charge >= 0.3 is 11.1 Å². The van der Waals surface area contributed by atoms with Crippen LogP contribution in [0.15, 0.2) is 64.2 Å². The Labute approximate surface area is 157 Å². The summed E-state index contributed by atoms with van der Waals surface area (Å²) in [7, 11) is 1.56. The predicted octanol–water partition coefficient (Wildman–Crippen LogP) is 1.84. The minimum Gasteiger partial charge on any atom is -0.352 e. The number of nitrogens with zero attached hydrogens (tertiary/aromatic N) is 2. The summed E-state index contributed by atoms with van der Waals surface area (Å²) < 4.78 is 2.56. The number of aromatic nitrogens is 2. The van der Waals surface area contributed by atoms with Gasteiger partial charge in [0.2, 0.25) is 5.91 Å². The number of para-hydroxylation sites is 2. The molecule has 0 radical (unpaired) electrons. The fraction of sp³-hybridized carbons (Fsp3) is 0.286. The van der Waals surface area contributed by atoms with E-state index >= 15 is 0 Å². The average Bonchev–Trinajstić information content (AvgIpc) is 2.69. The third-order valence-corrected chi connectivity index (χ3v) is 4.68. The molecular formula is C21H23N3O3. The van der Waals surface area contributed by atoms with Gasteiger partial charge in [-0.25, -0.2) is 0 Å². The van der Waals surface area contributed by atoms with Crippen LogP contribution in [0.1, 0.15) is 18.9 Å². The number of fused-ring (bicyclic) bond motifs is 1. The maximum absolute atomic E-state index is 12.4. The molecule has 0 aliphatic rings. The number of amides is 1. The Bertz CT molecular complexity index is 1070. The predicted molar refractivity (Wildman–Crippen MR) is 106 cm³/mol. The van der Waals surface area contributed by atoms with Gasteiger partial charge in [0.15, 0.2) is 0 Å². The fourth-order valence-electron chi connectivity index (χ4n) is 3.17. The van der Waals surface area contributed by atoms with Gasteiger partial charge in [0.05, 0.1) is 11.0 Å². The molecule has 0 aliphatic carbocycles. The van der Waals surface area contributed by atoms with Gasteiger partial charge < -0.3 is 9.88 Å². The molecule has 27 heavy (non-hydrogen) atoms. The minimum absolute atomic E-state index is 0.0359. The largest absolute Gasteiger partial charge is 0.352 e. The molecule has 1 amide bonds. The first-order chi connectivity index (χ1) is 13.0. The molecule has 0 saturated heterocycles. The Morgan fingerprint density at radius 1 is 0.963 bits per heavy atom. The van der Waals surface area contributed by atoms with Crippen LogP contribution in [0.4, 0.5) is 0 Å². The topological polar surface area (TPSA) is 73.1 Å². The number of aryl methyl sites for hydroxylation is 2. The van der Waals surface area contributed by atoms with E-state index in [4.69, 9.17) is 0 Å². The zero-order chi connectivity index (χ0) is 19.4. The standard InChI is InChI=1S/C21H23N3O3/c1-15(12-13-16-8-4-3-5-9-16)22-19(25)14-24-18-11-7-6-10-17(18)23(2)20(26)21(24)27/h3-11,15H,12-14H2,1-2H3,(H,22,25). The summed E-state index contributed by atoms with van der Waals surface area (Å²) in [5.74, 6) is -0.281. The van der Waals surface area contributed by atoms with Gasteiger partial charge in [0, 0.05) is 13.1 Å². The molecule has 0 spiro atoms. The lowest BCUT2D eigenvalue weighted by molar-refractivity contribution is -0.122. The van der Waals surface area contributed by atoms with Crippen LogP contribution >= 0.6 is 0 Å². The van der Waals surface area contributed by atoms with Crippen molar-refractivity contribution < 1.29 is 4.79 Å². The fourth-order valence-corrected chi connectivity index (χ4v) is 3.17. The molecule has 0 fully saturated rings. The molecule has 1 N–H and O–H groups in total. The van der Waals surface area contributed by atoms with Crippen LogP contribution in [0.3, 0.4) is 0 Å². The van der Waals surface area contributed by atoms with E-state index in [0.29, 0.717) is 11.0 Å². The Morgan fingerprint density at radius 2 is 1.59 bits per heavy atom. The van der Waals surface area contributed by atoms with Gasteiger partial charge in [-0.05, 0) is 37.5 Å². The highest BCUT2D eigenvalue weighted by molar-refractivity contribution is 5.80. The van der Waals surface area contributed by atoms with Crippen LogP contribution < -0.4 is 16.4 Å². The minimum atomic E-state index is -0.691. The van der Waals surface area contributed by atoms with Crippen LogP contribution in [0.25, 0.3) is 11.0 Å². The number of nitrogens with one attached hydrogen (secondary N) is 1. The van der Waals surface area contributed by atoms with Gasteiger partial charge in [-0.15, -0.1) is 0 Å². The van der Waals surface area contributed by atoms with Crippen LogP contribution in [0, 0.1) is 0 Å². The lowest BCUT2D eigenvalue weighted by Gasteiger charge is -2.16. The first kappa shape index (κ1) is 18.6. The van der Waals surface area contributed by atoms with E-state index in [0.717, 1.165) is 12.8 Å². The highest BCUT2D eigenvalue weighted by atomic mass is 16.2. The van der Waals surface area contributed by atoms with E-state index in [1.165, 1.54) is 14.7 Å². The van der Waals surface area contributed by atoms with Crippen LogP contribution in [-0.2, 0) is 24.8 Å². The second-order valence-electron chi connectivity index (χ2n) is 6.74. The molecule has 6 nitrogen and oxygen atoms in total. The lowest BCUT2D eigenvalue weighted by Crippen LogP contribution is -2.44. The van der Waals surface area contributed by atoms with Crippen molar-refractivity contribution in [3.05, 3.63) is 80.9 Å². The van der Waals surface area contributed by atoms with Gasteiger partial charge in [-0.2, -0.15) is 0 Å². The smallest absolute Gasteiger partial charge is 0.317 e. The molecule has 3 rings (SSSR count). The summed E-state index contributed by atoms with van der Waals surface area (Å²) in [6.45, 7) is 1.76. The second-order valence-corrected chi connectivity index (χ2v) is 6.74. The van der Waals surface area contributed by atoms with E-state index in [9.17, 15) is 14.4 Å². The van der Waals surface area contributed by atoms with Gasteiger partial charge in [-0.3, -0.25) is 19.0 Å². The molecular weight excluding hydrogens is 342 g/mol. The van der Waals surface area contributed by atoms with Crippen LogP contribution in [-0.4, -0.2) is 21.1 Å². The van der Waals surface area contributed by atoms with Gasteiger partial charge in [-0.1, -0.05) is 42.5 Å². The third-order valence-electron chi connectivity index (χ3n) is 4.68. The number of carbonyl (C=O) groups excluding carboxylic acids is 1. The molecule has 1 atom stereocenters. The van der Waals surface area contributed by atoms with Crippen molar-refractivity contribution in [2.75, 3.05) is 0 Å².